The summed E-state index contributed by atoms with van der Waals surface area (Å²) in [5, 5.41) is 0. The maximum absolute atomic E-state index is 12.8. The van der Waals surface area contributed by atoms with Gasteiger partial charge in [0.25, 0.3) is 0 Å². The highest BCUT2D eigenvalue weighted by Crippen LogP contribution is 2.44. The van der Waals surface area contributed by atoms with Gasteiger partial charge in [-0.25, -0.2) is 0 Å². The van der Waals surface area contributed by atoms with Crippen molar-refractivity contribution in [2.45, 2.75) is 9.66 Å². The average molecular weight is 336 g/mol. The van der Waals surface area contributed by atoms with Crippen molar-refractivity contribution in [2.75, 3.05) is 0 Å². The van der Waals surface area contributed by atoms with E-state index in [0.717, 1.165) is 12.1 Å². The quantitative estimate of drug-likeness (QED) is 0.548. The van der Waals surface area contributed by atoms with Crippen LogP contribution in [0.4, 0.5) is 17.6 Å². The zero-order chi connectivity index (χ0) is 11.0. The Labute approximate surface area is 94.6 Å². The maximum atomic E-state index is 12.8. The van der Waals surface area contributed by atoms with E-state index in [9.17, 15) is 17.6 Å². The molecule has 0 amide bonds. The standard InChI is InChI=1S/C8H4Br2F4/c9-7(11,12)5-3-1-2-4-6(5)8(10,13)14/h1-4H. The zero-order valence-electron chi connectivity index (χ0n) is 6.58. The summed E-state index contributed by atoms with van der Waals surface area (Å²) < 4.78 is 51.2. The number of hydrogen-bond acceptors (Lipinski definition) is 0. The largest absolute Gasteiger partial charge is 0.327 e. The Morgan fingerprint density at radius 3 is 1.29 bits per heavy atom. The Morgan fingerprint density at radius 2 is 1.07 bits per heavy atom. The summed E-state index contributed by atoms with van der Waals surface area (Å²) in [7, 11) is 0. The molecule has 0 N–H and O–H groups in total. The van der Waals surface area contributed by atoms with Crippen molar-refractivity contribution in [2.24, 2.45) is 0 Å². The van der Waals surface area contributed by atoms with Gasteiger partial charge in [0.2, 0.25) is 0 Å². The fourth-order valence-corrected chi connectivity index (χ4v) is 1.67. The third kappa shape index (κ3) is 2.70. The minimum absolute atomic E-state index is 0.748. The first-order valence-electron chi connectivity index (χ1n) is 3.46. The van der Waals surface area contributed by atoms with Crippen LogP contribution >= 0.6 is 31.9 Å². The molecule has 0 aliphatic carbocycles. The van der Waals surface area contributed by atoms with Crippen LogP contribution in [0.15, 0.2) is 24.3 Å². The maximum Gasteiger partial charge on any atom is 0.327 e. The second-order valence-corrected chi connectivity index (χ2v) is 4.53. The van der Waals surface area contributed by atoms with Crippen molar-refractivity contribution in [3.8, 4) is 0 Å². The van der Waals surface area contributed by atoms with Gasteiger partial charge in [-0.05, 0) is 31.9 Å². The van der Waals surface area contributed by atoms with Crippen LogP contribution in [0.2, 0.25) is 0 Å². The SMILES string of the molecule is FC(F)(Br)c1ccccc1C(F)(F)Br. The predicted molar refractivity (Wildman–Crippen MR) is 52.1 cm³/mol. The summed E-state index contributed by atoms with van der Waals surface area (Å²) in [5.41, 5.74) is -1.50. The lowest BCUT2D eigenvalue weighted by Gasteiger charge is -2.17. The summed E-state index contributed by atoms with van der Waals surface area (Å²) >= 11 is 4.08. The van der Waals surface area contributed by atoms with Gasteiger partial charge >= 0.3 is 9.66 Å². The van der Waals surface area contributed by atoms with E-state index in [0.29, 0.717) is 0 Å². The van der Waals surface area contributed by atoms with Crippen LogP contribution < -0.4 is 0 Å². The van der Waals surface area contributed by atoms with E-state index in [1.807, 2.05) is 31.9 Å². The number of benzene rings is 1. The van der Waals surface area contributed by atoms with Crippen LogP contribution in [0.1, 0.15) is 11.1 Å². The van der Waals surface area contributed by atoms with Crippen LogP contribution in [0.25, 0.3) is 0 Å². The summed E-state index contributed by atoms with van der Waals surface area (Å²) in [4.78, 5) is -6.92. The third-order valence-corrected chi connectivity index (χ3v) is 2.39. The molecule has 6 heteroatoms. The molecule has 0 nitrogen and oxygen atoms in total. The van der Waals surface area contributed by atoms with Gasteiger partial charge in [-0.3, -0.25) is 0 Å². The topological polar surface area (TPSA) is 0 Å². The second kappa shape index (κ2) is 3.81. The van der Waals surface area contributed by atoms with Crippen LogP contribution in [-0.2, 0) is 9.66 Å². The van der Waals surface area contributed by atoms with Crippen molar-refractivity contribution in [3.63, 3.8) is 0 Å². The van der Waals surface area contributed by atoms with Crippen LogP contribution in [0, 0.1) is 0 Å². The van der Waals surface area contributed by atoms with E-state index >= 15 is 0 Å². The summed E-state index contributed by atoms with van der Waals surface area (Å²) in [6, 6.07) is 4.43. The van der Waals surface area contributed by atoms with E-state index in [1.54, 1.807) is 0 Å². The first-order chi connectivity index (χ1) is 6.23. The molecule has 0 spiro atoms. The molecule has 1 aromatic rings. The molecule has 0 saturated carbocycles. The number of halogens is 6. The molecule has 0 aliphatic heterocycles. The summed E-state index contributed by atoms with van der Waals surface area (Å²) in [6.45, 7) is 0. The van der Waals surface area contributed by atoms with E-state index in [-0.39, 0.29) is 0 Å². The first-order valence-corrected chi connectivity index (χ1v) is 5.05. The number of hydrogen-bond donors (Lipinski definition) is 0. The van der Waals surface area contributed by atoms with E-state index in [1.165, 1.54) is 12.1 Å². The highest BCUT2D eigenvalue weighted by atomic mass is 79.9. The number of rotatable bonds is 2. The molecule has 0 heterocycles. The highest BCUT2D eigenvalue weighted by Gasteiger charge is 2.38. The van der Waals surface area contributed by atoms with Gasteiger partial charge in [-0.1, -0.05) is 24.3 Å². The molecule has 0 atom stereocenters. The molecule has 0 saturated heterocycles. The molecular formula is C8H4Br2F4. The Balaban J connectivity index is 3.31. The Bertz CT molecular complexity index is 294. The van der Waals surface area contributed by atoms with Gasteiger partial charge in [0, 0.05) is 11.1 Å². The fraction of sp³-hybridized carbons (Fsp3) is 0.250. The monoisotopic (exact) mass is 334 g/mol. The minimum Gasteiger partial charge on any atom is -0.188 e. The Kier molecular flexibility index (Phi) is 3.26. The average Bonchev–Trinajstić information content (AvgIpc) is 2.01. The Hall–Kier alpha value is -0.100. The molecule has 0 bridgehead atoms. The Morgan fingerprint density at radius 1 is 0.786 bits per heavy atom. The summed E-state index contributed by atoms with van der Waals surface area (Å²) in [5.74, 6) is 0. The van der Waals surface area contributed by atoms with Crippen molar-refractivity contribution in [1.29, 1.82) is 0 Å². The van der Waals surface area contributed by atoms with Crippen LogP contribution in [0.5, 0.6) is 0 Å². The van der Waals surface area contributed by atoms with Gasteiger partial charge in [0.1, 0.15) is 0 Å². The molecule has 78 valence electrons. The molecule has 0 aromatic heterocycles. The molecule has 1 aromatic carbocycles. The van der Waals surface area contributed by atoms with E-state index in [4.69, 9.17) is 0 Å². The molecular weight excluding hydrogens is 332 g/mol. The molecule has 0 radical (unpaired) electrons. The lowest BCUT2D eigenvalue weighted by Crippen LogP contribution is -2.13. The van der Waals surface area contributed by atoms with Crippen LogP contribution in [-0.4, -0.2) is 0 Å². The van der Waals surface area contributed by atoms with Crippen molar-refractivity contribution in [1.82, 2.24) is 0 Å². The van der Waals surface area contributed by atoms with Gasteiger partial charge in [0.05, 0.1) is 0 Å². The van der Waals surface area contributed by atoms with Gasteiger partial charge in [-0.15, -0.1) is 0 Å². The lowest BCUT2D eigenvalue weighted by atomic mass is 10.1. The molecule has 1 rings (SSSR count). The molecule has 0 aliphatic rings. The minimum atomic E-state index is -3.46. The second-order valence-electron chi connectivity index (χ2n) is 2.54. The third-order valence-electron chi connectivity index (χ3n) is 1.54. The molecule has 0 fully saturated rings. The van der Waals surface area contributed by atoms with E-state index < -0.39 is 20.8 Å². The number of alkyl halides is 6. The van der Waals surface area contributed by atoms with Crippen molar-refractivity contribution in [3.05, 3.63) is 35.4 Å². The normalized spacial score (nSPS) is 13.0. The molecule has 14 heavy (non-hydrogen) atoms. The summed E-state index contributed by atoms with van der Waals surface area (Å²) in [6.07, 6.45) is 0. The van der Waals surface area contributed by atoms with Crippen molar-refractivity contribution < 1.29 is 17.6 Å². The van der Waals surface area contributed by atoms with Gasteiger partial charge < -0.3 is 0 Å². The van der Waals surface area contributed by atoms with Gasteiger partial charge in [0.15, 0.2) is 0 Å². The predicted octanol–water partition coefficient (Wildman–Crippen LogP) is 4.58. The molecule has 0 unspecified atom stereocenters. The van der Waals surface area contributed by atoms with Crippen LogP contribution in [0.3, 0.4) is 0 Å². The fourth-order valence-electron chi connectivity index (χ4n) is 0.978. The van der Waals surface area contributed by atoms with Gasteiger partial charge in [-0.2, -0.15) is 17.6 Å². The highest BCUT2D eigenvalue weighted by molar-refractivity contribution is 9.09. The smallest absolute Gasteiger partial charge is 0.188 e. The lowest BCUT2D eigenvalue weighted by molar-refractivity contribution is 0.0868. The zero-order valence-corrected chi connectivity index (χ0v) is 9.75. The first kappa shape index (κ1) is 12.0. The van der Waals surface area contributed by atoms with E-state index in [2.05, 4.69) is 0 Å². The van der Waals surface area contributed by atoms with Crippen molar-refractivity contribution >= 4 is 31.9 Å².